The van der Waals surface area contributed by atoms with Crippen LogP contribution in [0.3, 0.4) is 0 Å². The Hall–Kier alpha value is -3.19. The van der Waals surface area contributed by atoms with Gasteiger partial charge in [-0.05, 0) is 26.2 Å². The molecule has 146 valence electrons. The maximum Gasteiger partial charge on any atom is 0.305 e. The molecule has 0 aliphatic carbocycles. The van der Waals surface area contributed by atoms with Crippen LogP contribution in [0.2, 0.25) is 0 Å². The number of likely N-dealkylation sites (N-methyl/N-ethyl adjacent to an activating group) is 1. The maximum absolute atomic E-state index is 12.7. The van der Waals surface area contributed by atoms with Crippen molar-refractivity contribution in [3.05, 3.63) is 48.0 Å². The van der Waals surface area contributed by atoms with E-state index in [1.165, 1.54) is 0 Å². The maximum atomic E-state index is 12.7. The highest BCUT2D eigenvalue weighted by Gasteiger charge is 2.16. The number of nitrogens with zero attached hydrogens (tertiary/aromatic N) is 2. The van der Waals surface area contributed by atoms with Gasteiger partial charge in [-0.15, -0.1) is 0 Å². The van der Waals surface area contributed by atoms with Crippen LogP contribution in [0.1, 0.15) is 16.8 Å². The minimum absolute atomic E-state index is 0.00283. The molecule has 0 bridgehead atoms. The predicted octanol–water partition coefficient (Wildman–Crippen LogP) is 2.57. The van der Waals surface area contributed by atoms with Crippen molar-refractivity contribution in [2.24, 2.45) is 0 Å². The second-order valence-electron chi connectivity index (χ2n) is 6.84. The van der Waals surface area contributed by atoms with Gasteiger partial charge in [0.25, 0.3) is 5.91 Å². The van der Waals surface area contributed by atoms with Gasteiger partial charge in [0, 0.05) is 30.4 Å². The zero-order chi connectivity index (χ0) is 20.1. The first kappa shape index (κ1) is 19.6. The smallest absolute Gasteiger partial charge is 0.305 e. The van der Waals surface area contributed by atoms with Crippen LogP contribution >= 0.6 is 0 Å². The van der Waals surface area contributed by atoms with Crippen molar-refractivity contribution in [2.75, 3.05) is 39.0 Å². The van der Waals surface area contributed by atoms with Gasteiger partial charge in [0.15, 0.2) is 0 Å². The molecular weight excluding hydrogens is 356 g/mol. The third-order valence-electron chi connectivity index (χ3n) is 4.44. The van der Waals surface area contributed by atoms with Crippen molar-refractivity contribution in [1.29, 1.82) is 0 Å². The molecular formula is C21H24N4O3. The summed E-state index contributed by atoms with van der Waals surface area (Å²) in [4.78, 5) is 30.3. The van der Waals surface area contributed by atoms with Crippen molar-refractivity contribution in [2.45, 2.75) is 6.42 Å². The first-order chi connectivity index (χ1) is 13.5. The minimum Gasteiger partial charge on any atom is -0.481 e. The summed E-state index contributed by atoms with van der Waals surface area (Å²) in [5.74, 6) is -1.04. The van der Waals surface area contributed by atoms with Gasteiger partial charge < -0.3 is 20.6 Å². The van der Waals surface area contributed by atoms with Gasteiger partial charge in [-0.25, -0.2) is 4.98 Å². The summed E-state index contributed by atoms with van der Waals surface area (Å²) in [6, 6.07) is 13.1. The molecule has 0 radical (unpaired) electrons. The molecule has 0 atom stereocenters. The fraction of sp³-hybridized carbons (Fsp3) is 0.286. The first-order valence-corrected chi connectivity index (χ1v) is 9.17. The van der Waals surface area contributed by atoms with Gasteiger partial charge in [-0.3, -0.25) is 9.59 Å². The number of carbonyl (C=O) groups is 2. The van der Waals surface area contributed by atoms with E-state index in [0.29, 0.717) is 17.6 Å². The predicted molar refractivity (Wildman–Crippen MR) is 111 cm³/mol. The highest BCUT2D eigenvalue weighted by Crippen LogP contribution is 2.32. The number of benzene rings is 2. The van der Waals surface area contributed by atoms with Crippen LogP contribution in [0.25, 0.3) is 21.8 Å². The Balaban J connectivity index is 2.04. The van der Waals surface area contributed by atoms with Gasteiger partial charge in [0.1, 0.15) is 0 Å². The second-order valence-corrected chi connectivity index (χ2v) is 6.84. The summed E-state index contributed by atoms with van der Waals surface area (Å²) < 4.78 is 0. The molecule has 0 aliphatic rings. The number of aliphatic carboxylic acids is 1. The molecule has 3 aromatic rings. The molecule has 1 aromatic heterocycles. The van der Waals surface area contributed by atoms with E-state index in [1.54, 1.807) is 6.07 Å². The van der Waals surface area contributed by atoms with Gasteiger partial charge in [-0.2, -0.15) is 0 Å². The summed E-state index contributed by atoms with van der Waals surface area (Å²) in [5, 5.41) is 16.8. The van der Waals surface area contributed by atoms with Gasteiger partial charge in [0.2, 0.25) is 0 Å². The van der Waals surface area contributed by atoms with E-state index >= 15 is 0 Å². The molecule has 1 heterocycles. The molecule has 7 heteroatoms. The highest BCUT2D eigenvalue weighted by atomic mass is 16.4. The number of hydrogen-bond acceptors (Lipinski definition) is 5. The van der Waals surface area contributed by atoms with Crippen LogP contribution in [0.15, 0.2) is 42.5 Å². The number of carbonyl (C=O) groups excluding carboxylic acids is 1. The molecule has 3 rings (SSSR count). The lowest BCUT2D eigenvalue weighted by Gasteiger charge is -2.15. The average Bonchev–Trinajstić information content (AvgIpc) is 2.66. The zero-order valence-electron chi connectivity index (χ0n) is 16.0. The van der Waals surface area contributed by atoms with Crippen LogP contribution in [0.4, 0.5) is 5.69 Å². The standard InChI is InChI=1S/C21H24N4O3/c1-25(2)13-12-23-21(28)16-8-5-7-15-19(22-11-10-18(26)27)14-6-3-4-9-17(14)24-20(15)16/h3-9H,10-13H2,1-2H3,(H,22,24)(H,23,28)(H,26,27). The molecule has 7 nitrogen and oxygen atoms in total. The Bertz CT molecular complexity index is 1020. The molecule has 1 amide bonds. The summed E-state index contributed by atoms with van der Waals surface area (Å²) in [6.45, 7) is 1.58. The van der Waals surface area contributed by atoms with Crippen LogP contribution in [-0.4, -0.2) is 60.6 Å². The van der Waals surface area contributed by atoms with E-state index in [-0.39, 0.29) is 18.9 Å². The highest BCUT2D eigenvalue weighted by molar-refractivity contribution is 6.14. The number of amides is 1. The van der Waals surface area contributed by atoms with Crippen molar-refractivity contribution in [3.63, 3.8) is 0 Å². The SMILES string of the molecule is CN(C)CCNC(=O)c1cccc2c(NCCC(=O)O)c3ccccc3nc12. The van der Waals surface area contributed by atoms with Crippen LogP contribution in [0, 0.1) is 0 Å². The van der Waals surface area contributed by atoms with Crippen LogP contribution in [0.5, 0.6) is 0 Å². The van der Waals surface area contributed by atoms with E-state index in [0.717, 1.165) is 28.5 Å². The fourth-order valence-electron chi connectivity index (χ4n) is 3.07. The largest absolute Gasteiger partial charge is 0.481 e. The second kappa shape index (κ2) is 8.67. The number of carboxylic acid groups (broad SMARTS) is 1. The van der Waals surface area contributed by atoms with Crippen molar-refractivity contribution in [1.82, 2.24) is 15.2 Å². The average molecular weight is 380 g/mol. The van der Waals surface area contributed by atoms with E-state index in [4.69, 9.17) is 10.1 Å². The monoisotopic (exact) mass is 380 g/mol. The number of fused-ring (bicyclic) bond motifs is 2. The molecule has 2 aromatic carbocycles. The third-order valence-corrected chi connectivity index (χ3v) is 4.44. The van der Waals surface area contributed by atoms with Gasteiger partial charge in [-0.1, -0.05) is 30.3 Å². The normalized spacial score (nSPS) is 11.1. The molecule has 0 fully saturated rings. The van der Waals surface area contributed by atoms with E-state index < -0.39 is 5.97 Å². The first-order valence-electron chi connectivity index (χ1n) is 9.17. The lowest BCUT2D eigenvalue weighted by atomic mass is 10.0. The summed E-state index contributed by atoms with van der Waals surface area (Å²) in [7, 11) is 3.90. The van der Waals surface area contributed by atoms with Gasteiger partial charge in [0.05, 0.1) is 28.7 Å². The lowest BCUT2D eigenvalue weighted by Crippen LogP contribution is -2.31. The summed E-state index contributed by atoms with van der Waals surface area (Å²) in [5.41, 5.74) is 2.65. The topological polar surface area (TPSA) is 94.6 Å². The molecule has 0 spiro atoms. The number of pyridine rings is 1. The molecule has 3 N–H and O–H groups in total. The number of carboxylic acids is 1. The lowest BCUT2D eigenvalue weighted by molar-refractivity contribution is -0.136. The summed E-state index contributed by atoms with van der Waals surface area (Å²) in [6.07, 6.45) is 0.00283. The molecule has 28 heavy (non-hydrogen) atoms. The Kier molecular flexibility index (Phi) is 6.06. The summed E-state index contributed by atoms with van der Waals surface area (Å²) >= 11 is 0. The minimum atomic E-state index is -0.865. The van der Waals surface area contributed by atoms with E-state index in [1.807, 2.05) is 55.4 Å². The zero-order valence-corrected chi connectivity index (χ0v) is 16.0. The fourth-order valence-corrected chi connectivity index (χ4v) is 3.07. The van der Waals surface area contributed by atoms with Gasteiger partial charge >= 0.3 is 5.97 Å². The van der Waals surface area contributed by atoms with Crippen LogP contribution < -0.4 is 10.6 Å². The molecule has 0 saturated carbocycles. The number of nitrogens with one attached hydrogen (secondary N) is 2. The number of anilines is 1. The third kappa shape index (κ3) is 4.37. The van der Waals surface area contributed by atoms with E-state index in [2.05, 4.69) is 10.6 Å². The van der Waals surface area contributed by atoms with E-state index in [9.17, 15) is 9.59 Å². The number of hydrogen-bond donors (Lipinski definition) is 3. The number of para-hydroxylation sites is 2. The van der Waals surface area contributed by atoms with Crippen molar-refractivity contribution < 1.29 is 14.7 Å². The Morgan fingerprint density at radius 3 is 2.54 bits per heavy atom. The van der Waals surface area contributed by atoms with Crippen LogP contribution in [-0.2, 0) is 4.79 Å². The number of rotatable bonds is 8. The van der Waals surface area contributed by atoms with Crippen molar-refractivity contribution >= 4 is 39.4 Å². The molecule has 0 saturated heterocycles. The van der Waals surface area contributed by atoms with Crippen molar-refractivity contribution in [3.8, 4) is 0 Å². The Morgan fingerprint density at radius 2 is 1.79 bits per heavy atom. The quantitative estimate of drug-likeness (QED) is 0.520. The number of aromatic nitrogens is 1. The molecule has 0 unspecified atom stereocenters. The Labute approximate surface area is 163 Å². The molecule has 0 aliphatic heterocycles. The Morgan fingerprint density at radius 1 is 1.04 bits per heavy atom.